The van der Waals surface area contributed by atoms with Crippen LogP contribution in [-0.2, 0) is 6.42 Å². The first kappa shape index (κ1) is 13.6. The van der Waals surface area contributed by atoms with Crippen molar-refractivity contribution in [2.75, 3.05) is 5.32 Å². The molecule has 0 bridgehead atoms. The van der Waals surface area contributed by atoms with Gasteiger partial charge in [-0.05, 0) is 36.2 Å². The molecule has 0 saturated carbocycles. The molecule has 0 fully saturated rings. The minimum absolute atomic E-state index is 0.0182. The molecule has 2 aromatic carbocycles. The Morgan fingerprint density at radius 2 is 2.00 bits per heavy atom. The summed E-state index contributed by atoms with van der Waals surface area (Å²) in [6, 6.07) is 11.4. The van der Waals surface area contributed by atoms with E-state index in [0.29, 0.717) is 5.69 Å². The van der Waals surface area contributed by atoms with E-state index >= 15 is 0 Å². The van der Waals surface area contributed by atoms with Gasteiger partial charge in [-0.2, -0.15) is 0 Å². The maximum atomic E-state index is 13.6. The van der Waals surface area contributed by atoms with Gasteiger partial charge in [0, 0.05) is 10.7 Å². The summed E-state index contributed by atoms with van der Waals surface area (Å²) < 4.78 is 13.6. The fraction of sp³-hybridized carbons (Fsp3) is 0.133. The SMILES string of the molecule is CCc1ccccc1NC(=O)c1ccc(Cl)cc1F. The zero-order chi connectivity index (χ0) is 13.8. The van der Waals surface area contributed by atoms with E-state index < -0.39 is 11.7 Å². The van der Waals surface area contributed by atoms with Crippen LogP contribution < -0.4 is 5.32 Å². The molecule has 19 heavy (non-hydrogen) atoms. The predicted octanol–water partition coefficient (Wildman–Crippen LogP) is 4.29. The lowest BCUT2D eigenvalue weighted by molar-refractivity contribution is 0.102. The van der Waals surface area contributed by atoms with E-state index in [4.69, 9.17) is 11.6 Å². The Labute approximate surface area is 116 Å². The number of rotatable bonds is 3. The Hall–Kier alpha value is -1.87. The fourth-order valence-corrected chi connectivity index (χ4v) is 1.97. The molecule has 98 valence electrons. The smallest absolute Gasteiger partial charge is 0.258 e. The number of carbonyl (C=O) groups excluding carboxylic acids is 1. The highest BCUT2D eigenvalue weighted by Gasteiger charge is 2.13. The van der Waals surface area contributed by atoms with Crippen molar-refractivity contribution < 1.29 is 9.18 Å². The summed E-state index contributed by atoms with van der Waals surface area (Å²) in [6.07, 6.45) is 0.791. The molecule has 2 rings (SSSR count). The van der Waals surface area contributed by atoms with Gasteiger partial charge < -0.3 is 5.32 Å². The first-order valence-corrected chi connectivity index (χ1v) is 6.34. The second kappa shape index (κ2) is 5.85. The Bertz CT molecular complexity index is 613. The van der Waals surface area contributed by atoms with Gasteiger partial charge in [-0.3, -0.25) is 4.79 Å². The van der Waals surface area contributed by atoms with Gasteiger partial charge in [-0.15, -0.1) is 0 Å². The van der Waals surface area contributed by atoms with Crippen LogP contribution in [0.4, 0.5) is 10.1 Å². The number of benzene rings is 2. The van der Waals surface area contributed by atoms with Crippen LogP contribution in [-0.4, -0.2) is 5.91 Å². The molecule has 0 aromatic heterocycles. The zero-order valence-corrected chi connectivity index (χ0v) is 11.2. The summed E-state index contributed by atoms with van der Waals surface area (Å²) in [7, 11) is 0. The van der Waals surface area contributed by atoms with Crippen molar-refractivity contribution in [1.29, 1.82) is 0 Å². The molecule has 1 amide bonds. The topological polar surface area (TPSA) is 29.1 Å². The van der Waals surface area contributed by atoms with E-state index in [9.17, 15) is 9.18 Å². The van der Waals surface area contributed by atoms with Crippen molar-refractivity contribution in [2.45, 2.75) is 13.3 Å². The Morgan fingerprint density at radius 3 is 2.68 bits per heavy atom. The molecule has 0 atom stereocenters. The van der Waals surface area contributed by atoms with Crippen LogP contribution in [0, 0.1) is 5.82 Å². The van der Waals surface area contributed by atoms with E-state index in [1.54, 1.807) is 6.07 Å². The van der Waals surface area contributed by atoms with Crippen LogP contribution in [0.5, 0.6) is 0 Å². The maximum Gasteiger partial charge on any atom is 0.258 e. The average Bonchev–Trinajstić information content (AvgIpc) is 2.39. The third kappa shape index (κ3) is 3.12. The van der Waals surface area contributed by atoms with Gasteiger partial charge in [0.05, 0.1) is 5.56 Å². The molecule has 4 heteroatoms. The van der Waals surface area contributed by atoms with Crippen molar-refractivity contribution in [1.82, 2.24) is 0 Å². The summed E-state index contributed by atoms with van der Waals surface area (Å²) >= 11 is 5.66. The minimum Gasteiger partial charge on any atom is -0.322 e. The first-order chi connectivity index (χ1) is 9.11. The largest absolute Gasteiger partial charge is 0.322 e. The molecule has 1 N–H and O–H groups in total. The molecule has 2 nitrogen and oxygen atoms in total. The fourth-order valence-electron chi connectivity index (χ4n) is 1.81. The van der Waals surface area contributed by atoms with Gasteiger partial charge in [-0.25, -0.2) is 4.39 Å². The second-order valence-corrected chi connectivity index (χ2v) is 4.53. The zero-order valence-electron chi connectivity index (χ0n) is 10.4. The van der Waals surface area contributed by atoms with E-state index in [1.807, 2.05) is 25.1 Å². The molecule has 0 saturated heterocycles. The van der Waals surface area contributed by atoms with Gasteiger partial charge in [0.25, 0.3) is 5.91 Å². The van der Waals surface area contributed by atoms with Gasteiger partial charge >= 0.3 is 0 Å². The van der Waals surface area contributed by atoms with Gasteiger partial charge in [-0.1, -0.05) is 36.7 Å². The molecule has 0 heterocycles. The third-order valence-electron chi connectivity index (χ3n) is 2.82. The van der Waals surface area contributed by atoms with E-state index in [-0.39, 0.29) is 10.6 Å². The van der Waals surface area contributed by atoms with E-state index in [1.165, 1.54) is 12.1 Å². The van der Waals surface area contributed by atoms with Crippen molar-refractivity contribution >= 4 is 23.2 Å². The van der Waals surface area contributed by atoms with Gasteiger partial charge in [0.1, 0.15) is 5.82 Å². The minimum atomic E-state index is -0.626. The number of nitrogens with one attached hydrogen (secondary N) is 1. The molecule has 0 unspecified atom stereocenters. The lowest BCUT2D eigenvalue weighted by Crippen LogP contribution is -2.14. The monoisotopic (exact) mass is 277 g/mol. The van der Waals surface area contributed by atoms with Crippen LogP contribution in [0.3, 0.4) is 0 Å². The lowest BCUT2D eigenvalue weighted by atomic mass is 10.1. The van der Waals surface area contributed by atoms with E-state index in [2.05, 4.69) is 5.32 Å². The highest BCUT2D eigenvalue weighted by atomic mass is 35.5. The van der Waals surface area contributed by atoms with Crippen LogP contribution in [0.25, 0.3) is 0 Å². The highest BCUT2D eigenvalue weighted by Crippen LogP contribution is 2.19. The molecule has 0 aliphatic carbocycles. The standard InChI is InChI=1S/C15H13ClFNO/c1-2-10-5-3-4-6-14(10)18-15(19)12-8-7-11(16)9-13(12)17/h3-9H,2H2,1H3,(H,18,19). The Balaban J connectivity index is 2.26. The lowest BCUT2D eigenvalue weighted by Gasteiger charge is -2.10. The Morgan fingerprint density at radius 1 is 1.26 bits per heavy atom. The van der Waals surface area contributed by atoms with Crippen molar-refractivity contribution in [3.63, 3.8) is 0 Å². The molecule has 0 aliphatic rings. The van der Waals surface area contributed by atoms with Crippen LogP contribution in [0.15, 0.2) is 42.5 Å². The van der Waals surface area contributed by atoms with Crippen molar-refractivity contribution in [3.8, 4) is 0 Å². The molecule has 0 aliphatic heterocycles. The summed E-state index contributed by atoms with van der Waals surface area (Å²) in [6.45, 7) is 1.99. The number of para-hydroxylation sites is 1. The van der Waals surface area contributed by atoms with Crippen molar-refractivity contribution in [3.05, 3.63) is 64.4 Å². The van der Waals surface area contributed by atoms with E-state index in [0.717, 1.165) is 18.1 Å². The first-order valence-electron chi connectivity index (χ1n) is 5.96. The number of hydrogen-bond donors (Lipinski definition) is 1. The van der Waals surface area contributed by atoms with Crippen LogP contribution in [0.1, 0.15) is 22.8 Å². The summed E-state index contributed by atoms with van der Waals surface area (Å²) in [5, 5.41) is 2.98. The molecule has 2 aromatic rings. The van der Waals surface area contributed by atoms with Gasteiger partial charge in [0.2, 0.25) is 0 Å². The maximum absolute atomic E-state index is 13.6. The molecular formula is C15H13ClFNO. The predicted molar refractivity (Wildman–Crippen MR) is 75.2 cm³/mol. The average molecular weight is 278 g/mol. The number of aryl methyl sites for hydroxylation is 1. The quantitative estimate of drug-likeness (QED) is 0.891. The third-order valence-corrected chi connectivity index (χ3v) is 3.06. The number of carbonyl (C=O) groups is 1. The number of amides is 1. The molecule has 0 radical (unpaired) electrons. The molecule has 0 spiro atoms. The normalized spacial score (nSPS) is 10.3. The number of hydrogen-bond acceptors (Lipinski definition) is 1. The highest BCUT2D eigenvalue weighted by molar-refractivity contribution is 6.30. The number of anilines is 1. The summed E-state index contributed by atoms with van der Waals surface area (Å²) in [5.74, 6) is -1.10. The number of halogens is 2. The second-order valence-electron chi connectivity index (χ2n) is 4.09. The van der Waals surface area contributed by atoms with Crippen LogP contribution >= 0.6 is 11.6 Å². The van der Waals surface area contributed by atoms with Crippen molar-refractivity contribution in [2.24, 2.45) is 0 Å². The molecular weight excluding hydrogens is 265 g/mol. The Kier molecular flexibility index (Phi) is 4.17. The summed E-state index contributed by atoms with van der Waals surface area (Å²) in [4.78, 5) is 12.0. The van der Waals surface area contributed by atoms with Crippen LogP contribution in [0.2, 0.25) is 5.02 Å². The summed E-state index contributed by atoms with van der Waals surface area (Å²) in [5.41, 5.74) is 1.69. The van der Waals surface area contributed by atoms with Gasteiger partial charge in [0.15, 0.2) is 0 Å².